The molecule has 0 aliphatic carbocycles. The van der Waals surface area contributed by atoms with E-state index in [0.29, 0.717) is 13.1 Å². The molecular weight excluding hydrogens is 216 g/mol. The van der Waals surface area contributed by atoms with Crippen LogP contribution in [0.3, 0.4) is 0 Å². The van der Waals surface area contributed by atoms with Crippen LogP contribution in [0.25, 0.3) is 0 Å². The molecule has 4 heteroatoms. The second kappa shape index (κ2) is 6.91. The van der Waals surface area contributed by atoms with Crippen LogP contribution in [0.2, 0.25) is 0 Å². The van der Waals surface area contributed by atoms with E-state index in [-0.39, 0.29) is 12.2 Å². The predicted octanol–water partition coefficient (Wildman–Crippen LogP) is 2.39. The highest BCUT2D eigenvalue weighted by Gasteiger charge is 2.17. The Morgan fingerprint density at radius 1 is 1.35 bits per heavy atom. The van der Waals surface area contributed by atoms with Gasteiger partial charge in [-0.1, -0.05) is 18.2 Å². The van der Waals surface area contributed by atoms with Crippen molar-refractivity contribution in [1.82, 2.24) is 0 Å². The number of hydrogen-bond acceptors (Lipinski definition) is 3. The molecule has 2 N–H and O–H groups in total. The first kappa shape index (κ1) is 13.5. The summed E-state index contributed by atoms with van der Waals surface area (Å²) in [5.74, 6) is 0. The molecule has 1 rings (SSSR count). The maximum absolute atomic E-state index is 11.9. The van der Waals surface area contributed by atoms with Crippen molar-refractivity contribution >= 4 is 11.8 Å². The fourth-order valence-electron chi connectivity index (χ4n) is 1.45. The Morgan fingerprint density at radius 3 is 2.53 bits per heavy atom. The van der Waals surface area contributed by atoms with Gasteiger partial charge in [0.25, 0.3) is 0 Å². The van der Waals surface area contributed by atoms with Gasteiger partial charge in [0.1, 0.15) is 0 Å². The third-order valence-corrected chi connectivity index (χ3v) is 2.21. The van der Waals surface area contributed by atoms with Gasteiger partial charge in [0, 0.05) is 12.2 Å². The number of nitrogens with two attached hydrogens (primary N) is 1. The lowest BCUT2D eigenvalue weighted by Crippen LogP contribution is -2.34. The molecule has 0 unspecified atom stereocenters. The highest BCUT2D eigenvalue weighted by atomic mass is 16.6. The Morgan fingerprint density at radius 2 is 2.00 bits per heavy atom. The maximum Gasteiger partial charge on any atom is 0.414 e. The molecular formula is C13H20N2O2. The molecule has 0 bridgehead atoms. The molecule has 0 atom stereocenters. The van der Waals surface area contributed by atoms with Crippen molar-refractivity contribution in [3.8, 4) is 0 Å². The number of carbonyl (C=O) groups is 1. The SMILES string of the molecule is CC(C)OC(=O)N(CCCN)c1ccccc1. The zero-order valence-corrected chi connectivity index (χ0v) is 10.4. The van der Waals surface area contributed by atoms with Crippen molar-refractivity contribution in [2.24, 2.45) is 5.73 Å². The molecule has 1 aromatic carbocycles. The number of carbonyl (C=O) groups excluding carboxylic acids is 1. The van der Waals surface area contributed by atoms with E-state index in [9.17, 15) is 4.79 Å². The molecule has 0 aliphatic heterocycles. The van der Waals surface area contributed by atoms with Crippen LogP contribution in [-0.4, -0.2) is 25.3 Å². The molecule has 0 spiro atoms. The number of hydrogen-bond donors (Lipinski definition) is 1. The average Bonchev–Trinajstić information content (AvgIpc) is 2.30. The summed E-state index contributed by atoms with van der Waals surface area (Å²) in [6.45, 7) is 4.80. The summed E-state index contributed by atoms with van der Waals surface area (Å²) in [7, 11) is 0. The van der Waals surface area contributed by atoms with E-state index in [0.717, 1.165) is 12.1 Å². The Bertz CT molecular complexity index is 339. The van der Waals surface area contributed by atoms with Crippen LogP contribution in [0.15, 0.2) is 30.3 Å². The third-order valence-electron chi connectivity index (χ3n) is 2.21. The lowest BCUT2D eigenvalue weighted by molar-refractivity contribution is 0.122. The maximum atomic E-state index is 11.9. The van der Waals surface area contributed by atoms with E-state index in [1.54, 1.807) is 4.90 Å². The first-order valence-corrected chi connectivity index (χ1v) is 5.88. The number of anilines is 1. The fourth-order valence-corrected chi connectivity index (χ4v) is 1.45. The van der Waals surface area contributed by atoms with Crippen LogP contribution in [0, 0.1) is 0 Å². The van der Waals surface area contributed by atoms with Gasteiger partial charge in [0.15, 0.2) is 0 Å². The van der Waals surface area contributed by atoms with E-state index >= 15 is 0 Å². The van der Waals surface area contributed by atoms with Crippen LogP contribution in [0.4, 0.5) is 10.5 Å². The van der Waals surface area contributed by atoms with Gasteiger partial charge in [0.2, 0.25) is 0 Å². The zero-order valence-electron chi connectivity index (χ0n) is 10.4. The quantitative estimate of drug-likeness (QED) is 0.854. The van der Waals surface area contributed by atoms with E-state index in [2.05, 4.69) is 0 Å². The second-order valence-electron chi connectivity index (χ2n) is 4.06. The first-order valence-electron chi connectivity index (χ1n) is 5.88. The number of nitrogens with zero attached hydrogens (tertiary/aromatic N) is 1. The van der Waals surface area contributed by atoms with Gasteiger partial charge in [-0.25, -0.2) is 4.79 Å². The molecule has 0 saturated carbocycles. The van der Waals surface area contributed by atoms with Gasteiger partial charge < -0.3 is 10.5 Å². The van der Waals surface area contributed by atoms with Crippen molar-refractivity contribution in [2.45, 2.75) is 26.4 Å². The lowest BCUT2D eigenvalue weighted by atomic mass is 10.3. The summed E-state index contributed by atoms with van der Waals surface area (Å²) >= 11 is 0. The summed E-state index contributed by atoms with van der Waals surface area (Å²) in [6, 6.07) is 9.48. The van der Waals surface area contributed by atoms with Crippen molar-refractivity contribution in [2.75, 3.05) is 18.0 Å². The van der Waals surface area contributed by atoms with Crippen molar-refractivity contribution in [1.29, 1.82) is 0 Å². The standard InChI is InChI=1S/C13H20N2O2/c1-11(2)17-13(16)15(10-6-9-14)12-7-4-3-5-8-12/h3-5,7-8,11H,6,9-10,14H2,1-2H3. The van der Waals surface area contributed by atoms with Crippen LogP contribution >= 0.6 is 0 Å². The topological polar surface area (TPSA) is 55.6 Å². The molecule has 4 nitrogen and oxygen atoms in total. The largest absolute Gasteiger partial charge is 0.446 e. The van der Waals surface area contributed by atoms with Crippen molar-refractivity contribution < 1.29 is 9.53 Å². The molecule has 94 valence electrons. The van der Waals surface area contributed by atoms with Gasteiger partial charge in [-0.15, -0.1) is 0 Å². The molecule has 0 aromatic heterocycles. The monoisotopic (exact) mass is 236 g/mol. The molecule has 0 radical (unpaired) electrons. The Hall–Kier alpha value is -1.55. The van der Waals surface area contributed by atoms with Gasteiger partial charge >= 0.3 is 6.09 Å². The summed E-state index contributed by atoms with van der Waals surface area (Å²) in [5, 5.41) is 0. The minimum absolute atomic E-state index is 0.119. The van der Waals surface area contributed by atoms with Crippen LogP contribution < -0.4 is 10.6 Å². The number of amides is 1. The normalized spacial score (nSPS) is 10.4. The van der Waals surface area contributed by atoms with E-state index < -0.39 is 0 Å². The molecule has 0 aliphatic rings. The number of benzene rings is 1. The highest BCUT2D eigenvalue weighted by molar-refractivity contribution is 5.87. The van der Waals surface area contributed by atoms with Crippen LogP contribution in [0.1, 0.15) is 20.3 Å². The Labute approximate surface area is 102 Å². The molecule has 17 heavy (non-hydrogen) atoms. The van der Waals surface area contributed by atoms with Crippen LogP contribution in [0.5, 0.6) is 0 Å². The fraction of sp³-hybridized carbons (Fsp3) is 0.462. The molecule has 1 aromatic rings. The molecule has 0 fully saturated rings. The zero-order chi connectivity index (χ0) is 12.7. The minimum Gasteiger partial charge on any atom is -0.446 e. The summed E-state index contributed by atoms with van der Waals surface area (Å²) in [4.78, 5) is 13.5. The smallest absolute Gasteiger partial charge is 0.414 e. The van der Waals surface area contributed by atoms with Crippen LogP contribution in [-0.2, 0) is 4.74 Å². The van der Waals surface area contributed by atoms with E-state index in [4.69, 9.17) is 10.5 Å². The first-order chi connectivity index (χ1) is 8.15. The van der Waals surface area contributed by atoms with Crippen molar-refractivity contribution in [3.63, 3.8) is 0 Å². The summed E-state index contributed by atoms with van der Waals surface area (Å²) in [6.07, 6.45) is 0.313. The van der Waals surface area contributed by atoms with E-state index in [1.807, 2.05) is 44.2 Å². The lowest BCUT2D eigenvalue weighted by Gasteiger charge is -2.23. The number of rotatable bonds is 5. The van der Waals surface area contributed by atoms with Gasteiger partial charge in [-0.2, -0.15) is 0 Å². The van der Waals surface area contributed by atoms with Gasteiger partial charge in [0.05, 0.1) is 6.10 Å². The Kier molecular flexibility index (Phi) is 5.49. The number of para-hydroxylation sites is 1. The third kappa shape index (κ3) is 4.44. The number of ether oxygens (including phenoxy) is 1. The molecule has 0 heterocycles. The second-order valence-corrected chi connectivity index (χ2v) is 4.06. The van der Waals surface area contributed by atoms with Gasteiger partial charge in [-0.05, 0) is 38.9 Å². The van der Waals surface area contributed by atoms with Crippen molar-refractivity contribution in [3.05, 3.63) is 30.3 Å². The summed E-state index contributed by atoms with van der Waals surface area (Å²) < 4.78 is 5.21. The summed E-state index contributed by atoms with van der Waals surface area (Å²) in [5.41, 5.74) is 6.32. The van der Waals surface area contributed by atoms with E-state index in [1.165, 1.54) is 0 Å². The van der Waals surface area contributed by atoms with Gasteiger partial charge in [-0.3, -0.25) is 4.90 Å². The molecule has 1 amide bonds. The Balaban J connectivity index is 2.76. The minimum atomic E-state index is -0.320. The average molecular weight is 236 g/mol. The highest BCUT2D eigenvalue weighted by Crippen LogP contribution is 2.15. The predicted molar refractivity (Wildman–Crippen MR) is 69.1 cm³/mol. The molecule has 0 saturated heterocycles.